The van der Waals surface area contributed by atoms with Gasteiger partial charge >= 0.3 is 0 Å². The van der Waals surface area contributed by atoms with Crippen LogP contribution in [0.25, 0.3) is 0 Å². The molecular weight excluding hydrogens is 268 g/mol. The Kier molecular flexibility index (Phi) is 4.52. The third-order valence-electron chi connectivity index (χ3n) is 3.38. The molecule has 0 unspecified atom stereocenters. The molecule has 0 aromatic carbocycles. The Labute approximate surface area is 124 Å². The Morgan fingerprint density at radius 1 is 1.19 bits per heavy atom. The minimum atomic E-state index is -0.0595. The van der Waals surface area contributed by atoms with E-state index in [1.807, 2.05) is 13.8 Å². The normalized spacial score (nSPS) is 10.3. The first-order valence-corrected chi connectivity index (χ1v) is 6.58. The molecule has 110 valence electrons. The van der Waals surface area contributed by atoms with Crippen molar-refractivity contribution in [2.75, 3.05) is 14.2 Å². The number of Topliss-reactive ketones (excluding diaryl/α,β-unsaturated/α-hetero) is 1. The minimum Gasteiger partial charge on any atom is -0.496 e. The maximum Gasteiger partial charge on any atom is 0.172 e. The van der Waals surface area contributed by atoms with Crippen LogP contribution < -0.4 is 9.47 Å². The highest BCUT2D eigenvalue weighted by molar-refractivity contribution is 5.99. The zero-order valence-electron chi connectivity index (χ0n) is 12.6. The Bertz CT molecular complexity index is 669. The number of pyridine rings is 2. The highest BCUT2D eigenvalue weighted by Crippen LogP contribution is 2.25. The summed E-state index contributed by atoms with van der Waals surface area (Å²) in [4.78, 5) is 20.7. The van der Waals surface area contributed by atoms with Gasteiger partial charge in [-0.1, -0.05) is 0 Å². The van der Waals surface area contributed by atoms with E-state index < -0.39 is 0 Å². The van der Waals surface area contributed by atoms with Crippen molar-refractivity contribution in [3.8, 4) is 11.5 Å². The largest absolute Gasteiger partial charge is 0.496 e. The standard InChI is InChI=1S/C16H18N2O3/c1-10-8-18-13(11(2)16(10)21-4)7-14(19)12-5-6-17-9-15(12)20-3/h5-6,8-9H,7H2,1-4H3. The number of ether oxygens (including phenoxy) is 2. The molecule has 21 heavy (non-hydrogen) atoms. The van der Waals surface area contributed by atoms with Crippen LogP contribution >= 0.6 is 0 Å². The Balaban J connectivity index is 2.32. The van der Waals surface area contributed by atoms with Crippen molar-refractivity contribution in [1.82, 2.24) is 9.97 Å². The average Bonchev–Trinajstić information content (AvgIpc) is 2.50. The van der Waals surface area contributed by atoms with Crippen LogP contribution in [0.3, 0.4) is 0 Å². The lowest BCUT2D eigenvalue weighted by Gasteiger charge is -2.12. The van der Waals surface area contributed by atoms with E-state index in [0.29, 0.717) is 17.0 Å². The van der Waals surface area contributed by atoms with E-state index in [-0.39, 0.29) is 12.2 Å². The fourth-order valence-electron chi connectivity index (χ4n) is 2.27. The minimum absolute atomic E-state index is 0.0595. The van der Waals surface area contributed by atoms with Crippen molar-refractivity contribution < 1.29 is 14.3 Å². The number of aromatic nitrogens is 2. The molecule has 2 aromatic rings. The van der Waals surface area contributed by atoms with Gasteiger partial charge in [0.05, 0.1) is 38.1 Å². The topological polar surface area (TPSA) is 61.3 Å². The van der Waals surface area contributed by atoms with Gasteiger partial charge in [0.1, 0.15) is 11.5 Å². The maximum absolute atomic E-state index is 12.4. The van der Waals surface area contributed by atoms with Gasteiger partial charge in [0.15, 0.2) is 5.78 Å². The second kappa shape index (κ2) is 6.35. The SMILES string of the molecule is COc1cnccc1C(=O)Cc1ncc(C)c(OC)c1C. The van der Waals surface area contributed by atoms with Crippen LogP contribution in [0.4, 0.5) is 0 Å². The van der Waals surface area contributed by atoms with Gasteiger partial charge < -0.3 is 9.47 Å². The Hall–Kier alpha value is -2.43. The van der Waals surface area contributed by atoms with Crippen molar-refractivity contribution >= 4 is 5.78 Å². The summed E-state index contributed by atoms with van der Waals surface area (Å²) < 4.78 is 10.5. The van der Waals surface area contributed by atoms with Crippen molar-refractivity contribution in [2.45, 2.75) is 20.3 Å². The van der Waals surface area contributed by atoms with Gasteiger partial charge in [0.2, 0.25) is 0 Å². The van der Waals surface area contributed by atoms with Gasteiger partial charge in [-0.15, -0.1) is 0 Å². The molecule has 0 amide bonds. The van der Waals surface area contributed by atoms with E-state index in [1.165, 1.54) is 13.3 Å². The summed E-state index contributed by atoms with van der Waals surface area (Å²) in [5, 5.41) is 0. The predicted octanol–water partition coefficient (Wildman–Crippen LogP) is 2.54. The number of aryl methyl sites for hydroxylation is 1. The van der Waals surface area contributed by atoms with Crippen LogP contribution in [0.5, 0.6) is 11.5 Å². The summed E-state index contributed by atoms with van der Waals surface area (Å²) >= 11 is 0. The number of nitrogens with zero attached hydrogens (tertiary/aromatic N) is 2. The van der Waals surface area contributed by atoms with Gasteiger partial charge in [-0.3, -0.25) is 14.8 Å². The summed E-state index contributed by atoms with van der Waals surface area (Å²) in [5.74, 6) is 1.18. The first-order valence-electron chi connectivity index (χ1n) is 6.58. The Morgan fingerprint density at radius 2 is 1.95 bits per heavy atom. The van der Waals surface area contributed by atoms with E-state index in [2.05, 4.69) is 9.97 Å². The van der Waals surface area contributed by atoms with E-state index in [0.717, 1.165) is 16.9 Å². The van der Waals surface area contributed by atoms with Crippen molar-refractivity contribution in [3.63, 3.8) is 0 Å². The first-order chi connectivity index (χ1) is 10.1. The lowest BCUT2D eigenvalue weighted by Crippen LogP contribution is -2.09. The molecule has 0 atom stereocenters. The second-order valence-corrected chi connectivity index (χ2v) is 4.72. The molecule has 5 heteroatoms. The smallest absolute Gasteiger partial charge is 0.172 e. The van der Waals surface area contributed by atoms with Gasteiger partial charge in [-0.05, 0) is 19.9 Å². The molecule has 0 saturated carbocycles. The highest BCUT2D eigenvalue weighted by atomic mass is 16.5. The number of carbonyl (C=O) groups excluding carboxylic acids is 1. The molecule has 5 nitrogen and oxygen atoms in total. The zero-order valence-corrected chi connectivity index (χ0v) is 12.6. The van der Waals surface area contributed by atoms with Crippen molar-refractivity contribution in [2.24, 2.45) is 0 Å². The fourth-order valence-corrected chi connectivity index (χ4v) is 2.27. The van der Waals surface area contributed by atoms with E-state index >= 15 is 0 Å². The fraction of sp³-hybridized carbons (Fsp3) is 0.312. The molecule has 0 aliphatic rings. The summed E-state index contributed by atoms with van der Waals surface area (Å²) in [7, 11) is 3.14. The van der Waals surface area contributed by atoms with Crippen LogP contribution in [0, 0.1) is 13.8 Å². The number of carbonyl (C=O) groups is 1. The van der Waals surface area contributed by atoms with Gasteiger partial charge in [0.25, 0.3) is 0 Å². The van der Waals surface area contributed by atoms with Crippen LogP contribution in [0.15, 0.2) is 24.7 Å². The first kappa shape index (κ1) is 15.0. The summed E-state index contributed by atoms with van der Waals surface area (Å²) in [6.45, 7) is 3.83. The van der Waals surface area contributed by atoms with Crippen LogP contribution in [-0.4, -0.2) is 30.0 Å². The van der Waals surface area contributed by atoms with Gasteiger partial charge in [-0.2, -0.15) is 0 Å². The van der Waals surface area contributed by atoms with E-state index in [4.69, 9.17) is 9.47 Å². The van der Waals surface area contributed by atoms with Crippen molar-refractivity contribution in [3.05, 3.63) is 47.0 Å². The molecule has 0 N–H and O–H groups in total. The molecule has 0 aliphatic heterocycles. The van der Waals surface area contributed by atoms with Gasteiger partial charge in [-0.25, -0.2) is 0 Å². The van der Waals surface area contributed by atoms with Crippen molar-refractivity contribution in [1.29, 1.82) is 0 Å². The summed E-state index contributed by atoms with van der Waals surface area (Å²) in [6.07, 6.45) is 5.02. The Morgan fingerprint density at radius 3 is 2.62 bits per heavy atom. The highest BCUT2D eigenvalue weighted by Gasteiger charge is 2.17. The number of hydrogen-bond acceptors (Lipinski definition) is 5. The monoisotopic (exact) mass is 286 g/mol. The quantitative estimate of drug-likeness (QED) is 0.790. The molecule has 2 rings (SSSR count). The van der Waals surface area contributed by atoms with E-state index in [9.17, 15) is 4.79 Å². The molecule has 0 aliphatic carbocycles. The number of hydrogen-bond donors (Lipinski definition) is 0. The lowest BCUT2D eigenvalue weighted by molar-refractivity contribution is 0.0988. The molecule has 2 heterocycles. The third-order valence-corrected chi connectivity index (χ3v) is 3.38. The van der Waals surface area contributed by atoms with Crippen LogP contribution in [0.2, 0.25) is 0 Å². The molecule has 2 aromatic heterocycles. The molecule has 0 spiro atoms. The molecule has 0 bridgehead atoms. The van der Waals surface area contributed by atoms with E-state index in [1.54, 1.807) is 25.6 Å². The molecule has 0 saturated heterocycles. The second-order valence-electron chi connectivity index (χ2n) is 4.72. The van der Waals surface area contributed by atoms with Gasteiger partial charge in [0, 0.05) is 23.5 Å². The third kappa shape index (κ3) is 3.02. The molecule has 0 fully saturated rings. The lowest BCUT2D eigenvalue weighted by atomic mass is 10.0. The molecular formula is C16H18N2O3. The average molecular weight is 286 g/mol. The number of methoxy groups -OCH3 is 2. The zero-order chi connectivity index (χ0) is 15.4. The summed E-state index contributed by atoms with van der Waals surface area (Å²) in [6, 6.07) is 1.65. The molecule has 0 radical (unpaired) electrons. The summed E-state index contributed by atoms with van der Waals surface area (Å²) in [5.41, 5.74) is 3.06. The van der Waals surface area contributed by atoms with Crippen LogP contribution in [-0.2, 0) is 6.42 Å². The maximum atomic E-state index is 12.4. The number of rotatable bonds is 5. The van der Waals surface area contributed by atoms with Crippen LogP contribution in [0.1, 0.15) is 27.2 Å². The predicted molar refractivity (Wildman–Crippen MR) is 79.1 cm³/mol. The number of ketones is 1.